The number of nitrogens with one attached hydrogen (secondary N) is 1. The second kappa shape index (κ2) is 15.4. The number of benzene rings is 1. The molecule has 3 rings (SSSR count). The van der Waals surface area contributed by atoms with Gasteiger partial charge < -0.3 is 10.1 Å². The second-order valence-corrected chi connectivity index (χ2v) is 10.1. The smallest absolute Gasteiger partial charge is 0.0933 e. The summed E-state index contributed by atoms with van der Waals surface area (Å²) in [6.07, 6.45) is 7.63. The number of hydrogen-bond donors (Lipinski definition) is 1. The van der Waals surface area contributed by atoms with Crippen molar-refractivity contribution in [1.29, 1.82) is 0 Å². The normalized spacial score (nSPS) is 17.1. The van der Waals surface area contributed by atoms with Crippen LogP contribution in [0.25, 0.3) is 0 Å². The van der Waals surface area contributed by atoms with Gasteiger partial charge in [-0.15, -0.1) is 11.3 Å². The van der Waals surface area contributed by atoms with Crippen LogP contribution in [0.1, 0.15) is 62.1 Å². The van der Waals surface area contributed by atoms with Gasteiger partial charge in [0.2, 0.25) is 0 Å². The Hall–Kier alpha value is -1.76. The fraction of sp³-hybridized carbons (Fsp3) is 0.533. The Morgan fingerprint density at radius 2 is 1.86 bits per heavy atom. The van der Waals surface area contributed by atoms with E-state index >= 15 is 0 Å². The largest absolute Gasteiger partial charge is 0.368 e. The van der Waals surface area contributed by atoms with Crippen molar-refractivity contribution in [2.75, 3.05) is 40.8 Å². The van der Waals surface area contributed by atoms with Gasteiger partial charge in [0.25, 0.3) is 0 Å². The van der Waals surface area contributed by atoms with Crippen LogP contribution in [0, 0.1) is 0 Å². The molecule has 0 saturated carbocycles. The Morgan fingerprint density at radius 3 is 2.40 bits per heavy atom. The first-order chi connectivity index (χ1) is 17.0. The Labute approximate surface area is 218 Å². The molecule has 1 aromatic carbocycles. The van der Waals surface area contributed by atoms with E-state index in [1.54, 1.807) is 11.3 Å². The standard InChI is InChI=1S/C28H41N3OS.C2H6/c1-6-25(7-2)28(30(4)5)15-18-31(19-16-28)21-23-11-8-9-12-24(23)22-32-26(14-17-29-3)27-13-10-20-33-27;1-2/h6-13,20,26,29H,1,14-19,21-22H2,2-5H3;1-2H3/b25-7+;. The fourth-order valence-electron chi connectivity index (χ4n) is 4.99. The maximum Gasteiger partial charge on any atom is 0.0933 e. The molecule has 0 bridgehead atoms. The number of nitrogens with zero attached hydrogens (tertiary/aromatic N) is 2. The van der Waals surface area contributed by atoms with Crippen LogP contribution in [-0.2, 0) is 17.9 Å². The fourth-order valence-corrected chi connectivity index (χ4v) is 5.80. The summed E-state index contributed by atoms with van der Waals surface area (Å²) in [6, 6.07) is 13.1. The third kappa shape index (κ3) is 7.86. The summed E-state index contributed by atoms with van der Waals surface area (Å²) in [4.78, 5) is 6.29. The second-order valence-electron chi connectivity index (χ2n) is 9.13. The topological polar surface area (TPSA) is 27.7 Å². The number of likely N-dealkylation sites (N-methyl/N-ethyl adjacent to an activating group) is 1. The zero-order valence-corrected chi connectivity index (χ0v) is 23.7. The monoisotopic (exact) mass is 497 g/mol. The predicted octanol–water partition coefficient (Wildman–Crippen LogP) is 6.67. The van der Waals surface area contributed by atoms with E-state index in [0.29, 0.717) is 6.61 Å². The molecule has 0 spiro atoms. The highest BCUT2D eigenvalue weighted by Gasteiger charge is 2.38. The van der Waals surface area contributed by atoms with Gasteiger partial charge in [0.05, 0.1) is 12.7 Å². The Balaban J connectivity index is 0.00000210. The third-order valence-electron chi connectivity index (χ3n) is 7.08. The first-order valence-electron chi connectivity index (χ1n) is 13.1. The summed E-state index contributed by atoms with van der Waals surface area (Å²) in [5.41, 5.74) is 4.12. The molecular formula is C30H47N3OS. The lowest BCUT2D eigenvalue weighted by atomic mass is 9.79. The van der Waals surface area contributed by atoms with E-state index in [-0.39, 0.29) is 11.6 Å². The van der Waals surface area contributed by atoms with Gasteiger partial charge in [0.15, 0.2) is 0 Å². The number of rotatable bonds is 12. The molecule has 0 aliphatic carbocycles. The van der Waals surface area contributed by atoms with Crippen molar-refractivity contribution >= 4 is 11.3 Å². The van der Waals surface area contributed by atoms with E-state index in [1.807, 2.05) is 27.0 Å². The van der Waals surface area contributed by atoms with Crippen LogP contribution in [0.5, 0.6) is 0 Å². The van der Waals surface area contributed by atoms with Gasteiger partial charge in [-0.1, -0.05) is 62.9 Å². The molecule has 1 N–H and O–H groups in total. The van der Waals surface area contributed by atoms with Crippen molar-refractivity contribution in [2.24, 2.45) is 0 Å². The first-order valence-corrected chi connectivity index (χ1v) is 14.0. The van der Waals surface area contributed by atoms with Crippen molar-refractivity contribution < 1.29 is 4.74 Å². The van der Waals surface area contributed by atoms with Crippen molar-refractivity contribution in [3.8, 4) is 0 Å². The summed E-state index contributed by atoms with van der Waals surface area (Å²) in [6.45, 7) is 14.9. The van der Waals surface area contributed by atoms with Crippen molar-refractivity contribution in [3.05, 3.63) is 82.1 Å². The summed E-state index contributed by atoms with van der Waals surface area (Å²) in [5.74, 6) is 0. The molecule has 35 heavy (non-hydrogen) atoms. The molecule has 2 aromatic rings. The molecule has 5 heteroatoms. The molecule has 1 saturated heterocycles. The van der Waals surface area contributed by atoms with Crippen LogP contribution >= 0.6 is 11.3 Å². The first kappa shape index (κ1) is 29.5. The van der Waals surface area contributed by atoms with Crippen molar-refractivity contribution in [3.63, 3.8) is 0 Å². The van der Waals surface area contributed by atoms with Crippen LogP contribution < -0.4 is 5.32 Å². The van der Waals surface area contributed by atoms with Crippen molar-refractivity contribution in [1.82, 2.24) is 15.1 Å². The summed E-state index contributed by atoms with van der Waals surface area (Å²) in [5, 5.41) is 5.39. The lowest BCUT2D eigenvalue weighted by molar-refractivity contribution is 0.0356. The van der Waals surface area contributed by atoms with E-state index in [4.69, 9.17) is 4.74 Å². The molecule has 1 aromatic heterocycles. The Morgan fingerprint density at radius 1 is 1.17 bits per heavy atom. The highest BCUT2D eigenvalue weighted by molar-refractivity contribution is 7.10. The lowest BCUT2D eigenvalue weighted by Crippen LogP contribution is -2.53. The van der Waals surface area contributed by atoms with E-state index < -0.39 is 0 Å². The third-order valence-corrected chi connectivity index (χ3v) is 8.04. The molecule has 1 fully saturated rings. The van der Waals surface area contributed by atoms with Gasteiger partial charge in [-0.2, -0.15) is 0 Å². The maximum atomic E-state index is 6.46. The predicted molar refractivity (Wildman–Crippen MR) is 153 cm³/mol. The van der Waals surface area contributed by atoms with Crippen LogP contribution in [-0.4, -0.2) is 56.1 Å². The van der Waals surface area contributed by atoms with E-state index in [2.05, 4.69) is 90.6 Å². The van der Waals surface area contributed by atoms with Gasteiger partial charge in [-0.3, -0.25) is 9.80 Å². The molecule has 1 unspecified atom stereocenters. The van der Waals surface area contributed by atoms with E-state index in [9.17, 15) is 0 Å². The molecule has 0 amide bonds. The minimum absolute atomic E-state index is 0.0941. The molecule has 0 radical (unpaired) electrons. The van der Waals surface area contributed by atoms with Crippen LogP contribution in [0.3, 0.4) is 0 Å². The molecule has 194 valence electrons. The minimum atomic E-state index is 0.0941. The van der Waals surface area contributed by atoms with Gasteiger partial charge >= 0.3 is 0 Å². The number of allylic oxidation sites excluding steroid dienone is 1. The number of piperidine rings is 1. The molecule has 1 aliphatic heterocycles. The maximum absolute atomic E-state index is 6.46. The average Bonchev–Trinajstić information content (AvgIpc) is 3.43. The number of likely N-dealkylation sites (tertiary alicyclic amines) is 1. The number of ether oxygens (including phenoxy) is 1. The van der Waals surface area contributed by atoms with Gasteiger partial charge in [-0.05, 0) is 82.0 Å². The highest BCUT2D eigenvalue weighted by Crippen LogP contribution is 2.35. The number of hydrogen-bond acceptors (Lipinski definition) is 5. The minimum Gasteiger partial charge on any atom is -0.368 e. The van der Waals surface area contributed by atoms with Gasteiger partial charge in [0.1, 0.15) is 0 Å². The van der Waals surface area contributed by atoms with Crippen LogP contribution in [0.2, 0.25) is 0 Å². The average molecular weight is 498 g/mol. The molecule has 2 heterocycles. The molecule has 4 nitrogen and oxygen atoms in total. The SMILES string of the molecule is C=C/C(=C\C)C1(N(C)C)CCN(Cc2ccccc2COC(CCNC)c2cccs2)CC1.CC. The zero-order chi connectivity index (χ0) is 25.7. The number of thiophene rings is 1. The van der Waals surface area contributed by atoms with Crippen molar-refractivity contribution in [2.45, 2.75) is 64.8 Å². The van der Waals surface area contributed by atoms with E-state index in [1.165, 1.54) is 21.6 Å². The summed E-state index contributed by atoms with van der Waals surface area (Å²) >= 11 is 1.78. The highest BCUT2D eigenvalue weighted by atomic mass is 32.1. The van der Waals surface area contributed by atoms with Gasteiger partial charge in [0, 0.05) is 30.1 Å². The van der Waals surface area contributed by atoms with Gasteiger partial charge in [-0.25, -0.2) is 0 Å². The summed E-state index contributed by atoms with van der Waals surface area (Å²) in [7, 11) is 6.40. The molecule has 1 aliphatic rings. The molecular weight excluding hydrogens is 450 g/mol. The summed E-state index contributed by atoms with van der Waals surface area (Å²) < 4.78 is 6.46. The Bertz CT molecular complexity index is 883. The molecule has 1 atom stereocenters. The van der Waals surface area contributed by atoms with Crippen LogP contribution in [0.4, 0.5) is 0 Å². The Kier molecular flexibility index (Phi) is 12.9. The van der Waals surface area contributed by atoms with Crippen LogP contribution in [0.15, 0.2) is 66.1 Å². The van der Waals surface area contributed by atoms with E-state index in [0.717, 1.165) is 45.4 Å². The zero-order valence-electron chi connectivity index (χ0n) is 22.8. The quantitative estimate of drug-likeness (QED) is 0.331. The lowest BCUT2D eigenvalue weighted by Gasteiger charge is -2.47.